The van der Waals surface area contributed by atoms with Gasteiger partial charge in [0, 0.05) is 21.2 Å². The molecule has 0 N–H and O–H groups in total. The number of halogens is 1. The summed E-state index contributed by atoms with van der Waals surface area (Å²) in [6, 6.07) is 0. The first-order valence-electron chi connectivity index (χ1n) is 2.68. The van der Waals surface area contributed by atoms with Crippen LogP contribution in [0.2, 0.25) is 0 Å². The lowest BCUT2D eigenvalue weighted by Gasteiger charge is -2.03. The summed E-state index contributed by atoms with van der Waals surface area (Å²) in [5.41, 5.74) is 0. The molecule has 5 heteroatoms. The Balaban J connectivity index is 3.93. The van der Waals surface area contributed by atoms with E-state index in [4.69, 9.17) is 13.7 Å². The second-order valence-corrected chi connectivity index (χ2v) is 2.86. The quantitative estimate of drug-likeness (QED) is 0.336. The van der Waals surface area contributed by atoms with Gasteiger partial charge in [-0.2, -0.15) is 0 Å². The van der Waals surface area contributed by atoms with Gasteiger partial charge in [-0.25, -0.2) is 0 Å². The Hall–Kier alpha value is -0.0400. The molecule has 3 nitrogen and oxygen atoms in total. The van der Waals surface area contributed by atoms with E-state index in [0.29, 0.717) is 11.7 Å². The Morgan fingerprint density at radius 3 is 2.36 bits per heavy atom. The van der Waals surface area contributed by atoms with E-state index >= 15 is 0 Å². The molecular formula is C6H9IO3S. The molecule has 64 valence electrons. The summed E-state index contributed by atoms with van der Waals surface area (Å²) in [5.74, 6) is 0.864. The molecule has 0 spiro atoms. The number of hydrogen-bond acceptors (Lipinski definition) is 4. The van der Waals surface area contributed by atoms with Gasteiger partial charge in [0.15, 0.2) is 0 Å². The molecule has 0 saturated carbocycles. The zero-order valence-electron chi connectivity index (χ0n) is 6.30. The van der Waals surface area contributed by atoms with E-state index in [1.165, 1.54) is 23.4 Å². The molecule has 0 unspecified atom stereocenters. The molecule has 0 aliphatic rings. The highest BCUT2D eigenvalue weighted by atomic mass is 127. The lowest BCUT2D eigenvalue weighted by molar-refractivity contribution is 0.0943. The highest BCUT2D eigenvalue weighted by molar-refractivity contribution is 14.2. The summed E-state index contributed by atoms with van der Waals surface area (Å²) in [6.07, 6.45) is 1.56. The van der Waals surface area contributed by atoms with Crippen molar-refractivity contribution in [3.8, 4) is 0 Å². The summed E-state index contributed by atoms with van der Waals surface area (Å²) in [6.45, 7) is 3.60. The molecule has 0 radical (unpaired) electrons. The van der Waals surface area contributed by atoms with Gasteiger partial charge < -0.3 is 13.7 Å². The van der Waals surface area contributed by atoms with E-state index in [-0.39, 0.29) is 0 Å². The predicted molar refractivity (Wildman–Crippen MR) is 53.9 cm³/mol. The van der Waals surface area contributed by atoms with Crippen molar-refractivity contribution in [1.82, 2.24) is 0 Å². The second-order valence-electron chi connectivity index (χ2n) is 1.48. The zero-order valence-corrected chi connectivity index (χ0v) is 9.27. The third-order valence-corrected chi connectivity index (χ3v) is 1.64. The van der Waals surface area contributed by atoms with Crippen LogP contribution in [0.3, 0.4) is 0 Å². The molecule has 0 aromatic carbocycles. The van der Waals surface area contributed by atoms with Crippen LogP contribution in [0.25, 0.3) is 0 Å². The molecule has 0 atom stereocenters. The average Bonchev–Trinajstić information content (AvgIpc) is 2.01. The molecule has 0 aliphatic carbocycles. The average molecular weight is 288 g/mol. The number of ether oxygens (including phenoxy) is 2. The standard InChI is InChI=1S/C6H9IO3S/c1-5(10-11-7)4-6(8-2)9-3/h4H,1H2,2-3H3. The first kappa shape index (κ1) is 11.0. The molecule has 0 aliphatic heterocycles. The topological polar surface area (TPSA) is 27.7 Å². The van der Waals surface area contributed by atoms with Gasteiger partial charge in [0.25, 0.3) is 5.95 Å². The maximum Gasteiger partial charge on any atom is 0.282 e. The first-order valence-corrected chi connectivity index (χ1v) is 5.97. The van der Waals surface area contributed by atoms with Gasteiger partial charge in [-0.05, 0) is 0 Å². The van der Waals surface area contributed by atoms with Crippen LogP contribution in [0.15, 0.2) is 24.4 Å². The minimum absolute atomic E-state index is 0.375. The van der Waals surface area contributed by atoms with E-state index < -0.39 is 0 Å². The van der Waals surface area contributed by atoms with Crippen LogP contribution in [0, 0.1) is 0 Å². The molecule has 0 saturated heterocycles. The molecule has 11 heavy (non-hydrogen) atoms. The molecule has 0 amide bonds. The summed E-state index contributed by atoms with van der Waals surface area (Å²) in [7, 11) is 4.21. The fraction of sp³-hybridized carbons (Fsp3) is 0.333. The van der Waals surface area contributed by atoms with Crippen LogP contribution in [-0.4, -0.2) is 14.2 Å². The summed E-state index contributed by atoms with van der Waals surface area (Å²) in [4.78, 5) is 0. The van der Waals surface area contributed by atoms with Gasteiger partial charge in [-0.3, -0.25) is 0 Å². The van der Waals surface area contributed by atoms with E-state index in [9.17, 15) is 0 Å². The molecule has 0 heterocycles. The normalized spacial score (nSPS) is 8.27. The minimum atomic E-state index is 0.375. The number of hydrogen-bond donors (Lipinski definition) is 0. The third kappa shape index (κ3) is 5.25. The number of allylic oxidation sites excluding steroid dienone is 1. The third-order valence-electron chi connectivity index (χ3n) is 0.820. The predicted octanol–water partition coefficient (Wildman–Crippen LogP) is 2.65. The fourth-order valence-electron chi connectivity index (χ4n) is 0.397. The van der Waals surface area contributed by atoms with Crippen molar-refractivity contribution in [2.45, 2.75) is 0 Å². The second kappa shape index (κ2) is 6.66. The first-order chi connectivity index (χ1) is 5.24. The Morgan fingerprint density at radius 1 is 1.45 bits per heavy atom. The van der Waals surface area contributed by atoms with Gasteiger partial charge in [0.2, 0.25) is 0 Å². The van der Waals surface area contributed by atoms with Crippen molar-refractivity contribution >= 4 is 30.4 Å². The van der Waals surface area contributed by atoms with Crippen molar-refractivity contribution in [3.63, 3.8) is 0 Å². The smallest absolute Gasteiger partial charge is 0.282 e. The minimum Gasteiger partial charge on any atom is -0.469 e. The van der Waals surface area contributed by atoms with Crippen molar-refractivity contribution in [1.29, 1.82) is 0 Å². The molecule has 0 aromatic rings. The van der Waals surface area contributed by atoms with Crippen LogP contribution in [0.1, 0.15) is 0 Å². The molecule has 0 bridgehead atoms. The Bertz CT molecular complexity index is 152. The zero-order chi connectivity index (χ0) is 8.69. The Labute approximate surface area is 82.6 Å². The van der Waals surface area contributed by atoms with Crippen LogP contribution in [0.4, 0.5) is 0 Å². The lowest BCUT2D eigenvalue weighted by Crippen LogP contribution is -1.90. The van der Waals surface area contributed by atoms with Crippen molar-refractivity contribution in [2.75, 3.05) is 14.2 Å². The monoisotopic (exact) mass is 288 g/mol. The van der Waals surface area contributed by atoms with Crippen LogP contribution >= 0.6 is 30.4 Å². The van der Waals surface area contributed by atoms with Crippen molar-refractivity contribution in [2.24, 2.45) is 0 Å². The largest absolute Gasteiger partial charge is 0.469 e. The van der Waals surface area contributed by atoms with Crippen molar-refractivity contribution in [3.05, 3.63) is 24.4 Å². The molecule has 0 rings (SSSR count). The molecule has 0 aromatic heterocycles. The fourth-order valence-corrected chi connectivity index (χ4v) is 1.22. The maximum atomic E-state index is 4.95. The SMILES string of the molecule is C=C(C=C(OC)OC)OSI. The van der Waals surface area contributed by atoms with E-state index in [1.807, 2.05) is 21.2 Å². The molecule has 0 fully saturated rings. The molecular weight excluding hydrogens is 279 g/mol. The van der Waals surface area contributed by atoms with Crippen LogP contribution < -0.4 is 0 Å². The lowest BCUT2D eigenvalue weighted by atomic mass is 10.5. The van der Waals surface area contributed by atoms with Gasteiger partial charge in [-0.15, -0.1) is 0 Å². The van der Waals surface area contributed by atoms with Gasteiger partial charge in [0.05, 0.1) is 20.3 Å². The van der Waals surface area contributed by atoms with Crippen LogP contribution in [-0.2, 0) is 13.7 Å². The van der Waals surface area contributed by atoms with Gasteiger partial charge in [0.1, 0.15) is 15.0 Å². The number of rotatable bonds is 5. The Kier molecular flexibility index (Phi) is 6.63. The summed E-state index contributed by atoms with van der Waals surface area (Å²) < 4.78 is 14.6. The van der Waals surface area contributed by atoms with Gasteiger partial charge in [-0.1, -0.05) is 6.58 Å². The number of methoxy groups -OCH3 is 2. The Morgan fingerprint density at radius 2 is 2.00 bits per heavy atom. The highest BCUT2D eigenvalue weighted by Crippen LogP contribution is 2.18. The summed E-state index contributed by atoms with van der Waals surface area (Å²) >= 11 is 2.00. The van der Waals surface area contributed by atoms with E-state index in [0.717, 1.165) is 0 Å². The highest BCUT2D eigenvalue weighted by Gasteiger charge is 1.96. The van der Waals surface area contributed by atoms with E-state index in [1.54, 1.807) is 6.08 Å². The van der Waals surface area contributed by atoms with E-state index in [2.05, 4.69) is 6.58 Å². The van der Waals surface area contributed by atoms with Gasteiger partial charge >= 0.3 is 0 Å². The van der Waals surface area contributed by atoms with Crippen molar-refractivity contribution < 1.29 is 13.7 Å². The summed E-state index contributed by atoms with van der Waals surface area (Å²) in [5, 5.41) is 0. The maximum absolute atomic E-state index is 4.95. The van der Waals surface area contributed by atoms with Crippen LogP contribution in [0.5, 0.6) is 0 Å².